The Labute approximate surface area is 151 Å². The highest BCUT2D eigenvalue weighted by molar-refractivity contribution is 7.17. The number of phenols is 1. The maximum Gasteiger partial charge on any atom is 0.416 e. The second-order valence-electron chi connectivity index (χ2n) is 5.53. The number of thiophene rings is 1. The molecular formula is C20H13F3O2S. The van der Waals surface area contributed by atoms with Gasteiger partial charge in [-0.05, 0) is 53.6 Å². The average Bonchev–Trinajstić information content (AvgIpc) is 3.10. The summed E-state index contributed by atoms with van der Waals surface area (Å²) in [5.74, 6) is -0.0471. The molecule has 0 unspecified atom stereocenters. The van der Waals surface area contributed by atoms with Gasteiger partial charge in [-0.3, -0.25) is 4.79 Å². The molecule has 0 bridgehead atoms. The normalized spacial score (nSPS) is 11.8. The van der Waals surface area contributed by atoms with E-state index >= 15 is 0 Å². The molecule has 132 valence electrons. The Morgan fingerprint density at radius 1 is 0.923 bits per heavy atom. The first kappa shape index (κ1) is 17.9. The van der Waals surface area contributed by atoms with Crippen LogP contribution in [-0.4, -0.2) is 10.9 Å². The minimum atomic E-state index is -4.37. The molecule has 1 aromatic heterocycles. The number of phenolic OH excluding ortho intramolecular Hbond substituents is 1. The van der Waals surface area contributed by atoms with Gasteiger partial charge in [0.2, 0.25) is 0 Å². The maximum absolute atomic E-state index is 12.6. The smallest absolute Gasteiger partial charge is 0.416 e. The lowest BCUT2D eigenvalue weighted by Gasteiger charge is -2.06. The maximum atomic E-state index is 12.6. The highest BCUT2D eigenvalue weighted by Gasteiger charge is 2.30. The van der Waals surface area contributed by atoms with Crippen molar-refractivity contribution in [1.29, 1.82) is 0 Å². The third-order valence-electron chi connectivity index (χ3n) is 3.67. The molecule has 2 aromatic carbocycles. The third-order valence-corrected chi connectivity index (χ3v) is 4.81. The van der Waals surface area contributed by atoms with E-state index in [9.17, 15) is 23.1 Å². The third kappa shape index (κ3) is 4.21. The topological polar surface area (TPSA) is 37.3 Å². The van der Waals surface area contributed by atoms with Gasteiger partial charge in [0.15, 0.2) is 5.78 Å². The lowest BCUT2D eigenvalue weighted by atomic mass is 10.1. The van der Waals surface area contributed by atoms with Gasteiger partial charge >= 0.3 is 6.18 Å². The Hall–Kier alpha value is -2.86. The fourth-order valence-electron chi connectivity index (χ4n) is 2.29. The van der Waals surface area contributed by atoms with E-state index < -0.39 is 11.7 Å². The number of hydrogen-bond acceptors (Lipinski definition) is 3. The Kier molecular flexibility index (Phi) is 4.95. The van der Waals surface area contributed by atoms with Gasteiger partial charge in [-0.25, -0.2) is 0 Å². The molecule has 0 saturated carbocycles. The second-order valence-corrected chi connectivity index (χ2v) is 6.61. The predicted molar refractivity (Wildman–Crippen MR) is 96.2 cm³/mol. The summed E-state index contributed by atoms with van der Waals surface area (Å²) >= 11 is 1.22. The van der Waals surface area contributed by atoms with Crippen LogP contribution in [0.25, 0.3) is 16.5 Å². The van der Waals surface area contributed by atoms with Crippen LogP contribution in [0.15, 0.2) is 66.7 Å². The lowest BCUT2D eigenvalue weighted by Crippen LogP contribution is -2.03. The summed E-state index contributed by atoms with van der Waals surface area (Å²) < 4.78 is 37.8. The molecule has 3 aromatic rings. The SMILES string of the molecule is O=C(/C=C/c1ccc(O)cc1)c1ccc(-c2ccc(C(F)(F)F)cc2)s1. The minimum Gasteiger partial charge on any atom is -0.508 e. The molecule has 0 atom stereocenters. The summed E-state index contributed by atoms with van der Waals surface area (Å²) in [6.07, 6.45) is -1.30. The number of benzene rings is 2. The van der Waals surface area contributed by atoms with Gasteiger partial charge in [0.1, 0.15) is 5.75 Å². The zero-order valence-electron chi connectivity index (χ0n) is 13.3. The first-order valence-electron chi connectivity index (χ1n) is 7.62. The van der Waals surface area contributed by atoms with E-state index in [0.717, 1.165) is 22.6 Å². The van der Waals surface area contributed by atoms with Crippen molar-refractivity contribution in [1.82, 2.24) is 0 Å². The van der Waals surface area contributed by atoms with Gasteiger partial charge in [0.05, 0.1) is 10.4 Å². The van der Waals surface area contributed by atoms with E-state index in [1.54, 1.807) is 30.3 Å². The molecule has 0 aliphatic rings. The number of rotatable bonds is 4. The largest absolute Gasteiger partial charge is 0.508 e. The molecule has 1 N–H and O–H groups in total. The van der Waals surface area contributed by atoms with Gasteiger partial charge in [0.25, 0.3) is 0 Å². The molecule has 0 aliphatic heterocycles. The van der Waals surface area contributed by atoms with Crippen LogP contribution in [0, 0.1) is 0 Å². The van der Waals surface area contributed by atoms with Crippen LogP contribution in [0.4, 0.5) is 13.2 Å². The number of allylic oxidation sites excluding steroid dienone is 1. The monoisotopic (exact) mass is 374 g/mol. The van der Waals surface area contributed by atoms with Crippen molar-refractivity contribution < 1.29 is 23.1 Å². The van der Waals surface area contributed by atoms with Crippen LogP contribution >= 0.6 is 11.3 Å². The number of alkyl halides is 3. The highest BCUT2D eigenvalue weighted by Crippen LogP contribution is 2.33. The molecule has 0 fully saturated rings. The van der Waals surface area contributed by atoms with Crippen LogP contribution in [0.3, 0.4) is 0 Å². The van der Waals surface area contributed by atoms with Crippen LogP contribution in [0.2, 0.25) is 0 Å². The lowest BCUT2D eigenvalue weighted by molar-refractivity contribution is -0.137. The molecule has 0 aliphatic carbocycles. The summed E-state index contributed by atoms with van der Waals surface area (Å²) in [5.41, 5.74) is 0.700. The molecule has 0 radical (unpaired) electrons. The molecule has 1 heterocycles. The molecule has 0 amide bonds. The van der Waals surface area contributed by atoms with E-state index in [1.165, 1.54) is 41.7 Å². The Bertz CT molecular complexity index is 936. The van der Waals surface area contributed by atoms with Crippen molar-refractivity contribution in [2.24, 2.45) is 0 Å². The van der Waals surface area contributed by atoms with Crippen molar-refractivity contribution in [2.75, 3.05) is 0 Å². The molecule has 6 heteroatoms. The first-order valence-corrected chi connectivity index (χ1v) is 8.43. The number of aromatic hydroxyl groups is 1. The van der Waals surface area contributed by atoms with Gasteiger partial charge in [0, 0.05) is 4.88 Å². The van der Waals surface area contributed by atoms with E-state index in [1.807, 2.05) is 0 Å². The fraction of sp³-hybridized carbons (Fsp3) is 0.0500. The van der Waals surface area contributed by atoms with Crippen molar-refractivity contribution in [3.8, 4) is 16.2 Å². The molecular weight excluding hydrogens is 361 g/mol. The van der Waals surface area contributed by atoms with Gasteiger partial charge in [-0.2, -0.15) is 13.2 Å². The Morgan fingerprint density at radius 2 is 1.58 bits per heavy atom. The van der Waals surface area contributed by atoms with E-state index in [2.05, 4.69) is 0 Å². The predicted octanol–water partition coefficient (Wildman–Crippen LogP) is 6.04. The number of carbonyl (C=O) groups excluding carboxylic acids is 1. The summed E-state index contributed by atoms with van der Waals surface area (Å²) in [6.45, 7) is 0. The zero-order chi connectivity index (χ0) is 18.7. The van der Waals surface area contributed by atoms with Crippen LogP contribution in [-0.2, 0) is 6.18 Å². The van der Waals surface area contributed by atoms with E-state index in [0.29, 0.717) is 10.4 Å². The summed E-state index contributed by atoms with van der Waals surface area (Å²) in [4.78, 5) is 13.5. The Morgan fingerprint density at radius 3 is 2.19 bits per heavy atom. The molecule has 0 saturated heterocycles. The van der Waals surface area contributed by atoms with Crippen LogP contribution in [0.1, 0.15) is 20.8 Å². The molecule has 0 spiro atoms. The quantitative estimate of drug-likeness (QED) is 0.447. The number of ketones is 1. The summed E-state index contributed by atoms with van der Waals surface area (Å²) in [7, 11) is 0. The van der Waals surface area contributed by atoms with Crippen LogP contribution in [0.5, 0.6) is 5.75 Å². The second kappa shape index (κ2) is 7.17. The van der Waals surface area contributed by atoms with Gasteiger partial charge in [-0.15, -0.1) is 11.3 Å². The first-order chi connectivity index (χ1) is 12.3. The standard InChI is InChI=1S/C20H13F3O2S/c21-20(22,23)15-6-4-14(5-7-15)18-11-12-19(26-18)17(25)10-3-13-1-8-16(24)9-2-13/h1-12,24H/b10-3+. The van der Waals surface area contributed by atoms with Crippen molar-refractivity contribution >= 4 is 23.2 Å². The highest BCUT2D eigenvalue weighted by atomic mass is 32.1. The molecule has 3 rings (SSSR count). The summed E-state index contributed by atoms with van der Waals surface area (Å²) in [5, 5.41) is 9.23. The van der Waals surface area contributed by atoms with Gasteiger partial charge in [-0.1, -0.05) is 30.3 Å². The molecule has 2 nitrogen and oxygen atoms in total. The summed E-state index contributed by atoms with van der Waals surface area (Å²) in [6, 6.07) is 14.6. The number of carbonyl (C=O) groups is 1. The van der Waals surface area contributed by atoms with Crippen molar-refractivity contribution in [3.63, 3.8) is 0 Å². The minimum absolute atomic E-state index is 0.146. The van der Waals surface area contributed by atoms with E-state index in [4.69, 9.17) is 0 Å². The van der Waals surface area contributed by atoms with E-state index in [-0.39, 0.29) is 11.5 Å². The van der Waals surface area contributed by atoms with Gasteiger partial charge < -0.3 is 5.11 Å². The average molecular weight is 374 g/mol. The zero-order valence-corrected chi connectivity index (χ0v) is 14.1. The Balaban J connectivity index is 1.74. The fourth-order valence-corrected chi connectivity index (χ4v) is 3.22. The van der Waals surface area contributed by atoms with Crippen LogP contribution < -0.4 is 0 Å². The number of hydrogen-bond donors (Lipinski definition) is 1. The molecule has 26 heavy (non-hydrogen) atoms. The number of halogens is 3. The van der Waals surface area contributed by atoms with Crippen molar-refractivity contribution in [3.05, 3.63) is 82.7 Å². The van der Waals surface area contributed by atoms with Crippen molar-refractivity contribution in [2.45, 2.75) is 6.18 Å².